The number of rotatable bonds is 3. The van der Waals surface area contributed by atoms with Crippen LogP contribution in [-0.4, -0.2) is 40.9 Å². The summed E-state index contributed by atoms with van der Waals surface area (Å²) in [6.45, 7) is -2.38. The molecule has 0 radical (unpaired) electrons. The Hall–Kier alpha value is -1.30. The lowest BCUT2D eigenvalue weighted by Gasteiger charge is -2.20. The number of aliphatic hydroxyl groups is 1. The minimum Gasteiger partial charge on any atom is -0.390 e. The average Bonchev–Trinajstić information content (AvgIpc) is 2.55. The standard InChI is InChI=1S/C11H13F2NO3/c12-11(13,6-15)5-14-9(16)7-3-1-2-4-8(7)10(14)17/h1-2,7-8,15H,3-6H2. The molecule has 0 aromatic carbocycles. The predicted molar refractivity (Wildman–Crippen MR) is 54.1 cm³/mol. The molecule has 2 unspecified atom stereocenters. The quantitative estimate of drug-likeness (QED) is 0.584. The fraction of sp³-hybridized carbons (Fsp3) is 0.636. The Morgan fingerprint density at radius 2 is 1.71 bits per heavy atom. The first-order valence-electron chi connectivity index (χ1n) is 5.45. The van der Waals surface area contributed by atoms with Gasteiger partial charge in [0.15, 0.2) is 0 Å². The number of halogens is 2. The zero-order valence-electron chi connectivity index (χ0n) is 9.10. The van der Waals surface area contributed by atoms with E-state index in [0.717, 1.165) is 0 Å². The normalized spacial score (nSPS) is 28.8. The molecule has 0 aromatic heterocycles. The highest BCUT2D eigenvalue weighted by molar-refractivity contribution is 6.05. The highest BCUT2D eigenvalue weighted by atomic mass is 19.3. The Morgan fingerprint density at radius 3 is 2.12 bits per heavy atom. The maximum atomic E-state index is 13.0. The fourth-order valence-corrected chi connectivity index (χ4v) is 2.31. The molecule has 17 heavy (non-hydrogen) atoms. The van der Waals surface area contributed by atoms with Gasteiger partial charge in [0.2, 0.25) is 11.8 Å². The van der Waals surface area contributed by atoms with Crippen LogP contribution in [0.4, 0.5) is 8.78 Å². The second-order valence-corrected chi connectivity index (χ2v) is 4.43. The maximum Gasteiger partial charge on any atom is 0.288 e. The Kier molecular flexibility index (Phi) is 2.99. The van der Waals surface area contributed by atoms with Crippen molar-refractivity contribution >= 4 is 11.8 Å². The van der Waals surface area contributed by atoms with Crippen molar-refractivity contribution in [3.05, 3.63) is 12.2 Å². The number of aliphatic hydroxyl groups excluding tert-OH is 1. The third-order valence-corrected chi connectivity index (χ3v) is 3.22. The van der Waals surface area contributed by atoms with Crippen molar-refractivity contribution in [2.24, 2.45) is 11.8 Å². The van der Waals surface area contributed by atoms with Gasteiger partial charge in [-0.2, -0.15) is 0 Å². The smallest absolute Gasteiger partial charge is 0.288 e. The third-order valence-electron chi connectivity index (χ3n) is 3.22. The van der Waals surface area contributed by atoms with Gasteiger partial charge in [-0.3, -0.25) is 14.5 Å². The van der Waals surface area contributed by atoms with Gasteiger partial charge in [-0.25, -0.2) is 8.78 Å². The number of hydrogen-bond donors (Lipinski definition) is 1. The zero-order valence-corrected chi connectivity index (χ0v) is 9.10. The predicted octanol–water partition coefficient (Wildman–Crippen LogP) is 0.565. The summed E-state index contributed by atoms with van der Waals surface area (Å²) in [4.78, 5) is 24.2. The summed E-state index contributed by atoms with van der Waals surface area (Å²) < 4.78 is 26.0. The molecule has 1 saturated heterocycles. The highest BCUT2D eigenvalue weighted by Crippen LogP contribution is 2.36. The van der Waals surface area contributed by atoms with E-state index in [2.05, 4.69) is 0 Å². The van der Waals surface area contributed by atoms with Crippen LogP contribution in [0.1, 0.15) is 12.8 Å². The maximum absolute atomic E-state index is 13.0. The van der Waals surface area contributed by atoms with Crippen LogP contribution in [0.15, 0.2) is 12.2 Å². The van der Waals surface area contributed by atoms with Gasteiger partial charge >= 0.3 is 0 Å². The number of fused-ring (bicyclic) bond motifs is 1. The SMILES string of the molecule is O=C1C2CC=CCC2C(=O)N1CC(F)(F)CO. The first-order chi connectivity index (χ1) is 7.96. The fourth-order valence-electron chi connectivity index (χ4n) is 2.31. The van der Waals surface area contributed by atoms with E-state index in [1.54, 1.807) is 12.2 Å². The van der Waals surface area contributed by atoms with Crippen LogP contribution in [-0.2, 0) is 9.59 Å². The van der Waals surface area contributed by atoms with E-state index in [4.69, 9.17) is 5.11 Å². The van der Waals surface area contributed by atoms with E-state index < -0.39 is 42.7 Å². The number of allylic oxidation sites excluding steroid dienone is 2. The number of nitrogens with zero attached hydrogens (tertiary/aromatic N) is 1. The third kappa shape index (κ3) is 2.09. The number of hydrogen-bond acceptors (Lipinski definition) is 3. The summed E-state index contributed by atoms with van der Waals surface area (Å²) in [5, 5.41) is 8.47. The van der Waals surface area contributed by atoms with E-state index in [1.165, 1.54) is 0 Å². The molecular weight excluding hydrogens is 232 g/mol. The molecule has 4 nitrogen and oxygen atoms in total. The van der Waals surface area contributed by atoms with Gasteiger partial charge in [0.05, 0.1) is 18.4 Å². The molecule has 0 saturated carbocycles. The van der Waals surface area contributed by atoms with Gasteiger partial charge in [0.1, 0.15) is 6.61 Å². The summed E-state index contributed by atoms with van der Waals surface area (Å²) >= 11 is 0. The summed E-state index contributed by atoms with van der Waals surface area (Å²) in [6.07, 6.45) is 4.44. The van der Waals surface area contributed by atoms with Gasteiger partial charge in [0, 0.05) is 0 Å². The van der Waals surface area contributed by atoms with Gasteiger partial charge in [-0.05, 0) is 12.8 Å². The van der Waals surface area contributed by atoms with Crippen molar-refractivity contribution < 1.29 is 23.5 Å². The summed E-state index contributed by atoms with van der Waals surface area (Å²) in [5.74, 6) is -5.51. The van der Waals surface area contributed by atoms with E-state index in [1.807, 2.05) is 0 Å². The molecule has 2 rings (SSSR count). The average molecular weight is 245 g/mol. The molecule has 1 fully saturated rings. The van der Waals surface area contributed by atoms with E-state index >= 15 is 0 Å². The lowest BCUT2D eigenvalue weighted by molar-refractivity contribution is -0.148. The Balaban J connectivity index is 2.16. The molecule has 1 aliphatic heterocycles. The van der Waals surface area contributed by atoms with Crippen molar-refractivity contribution in [1.29, 1.82) is 0 Å². The number of carbonyl (C=O) groups excluding carboxylic acids is 2. The molecule has 6 heteroatoms. The largest absolute Gasteiger partial charge is 0.390 e. The molecule has 1 heterocycles. The van der Waals surface area contributed by atoms with Crippen LogP contribution in [0, 0.1) is 11.8 Å². The molecule has 2 amide bonds. The molecule has 94 valence electrons. The van der Waals surface area contributed by atoms with E-state index in [9.17, 15) is 18.4 Å². The molecule has 2 atom stereocenters. The lowest BCUT2D eigenvalue weighted by Crippen LogP contribution is -2.43. The van der Waals surface area contributed by atoms with E-state index in [-0.39, 0.29) is 0 Å². The summed E-state index contributed by atoms with van der Waals surface area (Å²) in [5.41, 5.74) is 0. The molecule has 0 aromatic rings. The minimum atomic E-state index is -3.42. The number of amides is 2. The van der Waals surface area contributed by atoms with Crippen LogP contribution in [0.3, 0.4) is 0 Å². The number of imide groups is 1. The first kappa shape index (κ1) is 12.2. The first-order valence-corrected chi connectivity index (χ1v) is 5.45. The van der Waals surface area contributed by atoms with Crippen LogP contribution in [0.25, 0.3) is 0 Å². The van der Waals surface area contributed by atoms with Gasteiger partial charge in [0.25, 0.3) is 5.92 Å². The molecule has 1 N–H and O–H groups in total. The Bertz CT molecular complexity index is 355. The van der Waals surface area contributed by atoms with Gasteiger partial charge < -0.3 is 5.11 Å². The summed E-state index contributed by atoms with van der Waals surface area (Å²) in [7, 11) is 0. The monoisotopic (exact) mass is 245 g/mol. The second-order valence-electron chi connectivity index (χ2n) is 4.43. The number of alkyl halides is 2. The molecule has 1 aliphatic carbocycles. The molecule has 2 aliphatic rings. The van der Waals surface area contributed by atoms with Crippen LogP contribution in [0.5, 0.6) is 0 Å². The van der Waals surface area contributed by atoms with Crippen molar-refractivity contribution in [2.45, 2.75) is 18.8 Å². The van der Waals surface area contributed by atoms with Crippen LogP contribution in [0.2, 0.25) is 0 Å². The van der Waals surface area contributed by atoms with Gasteiger partial charge in [-0.1, -0.05) is 12.2 Å². The van der Waals surface area contributed by atoms with Crippen LogP contribution < -0.4 is 0 Å². The molecule has 0 spiro atoms. The number of carbonyl (C=O) groups is 2. The van der Waals surface area contributed by atoms with Crippen LogP contribution >= 0.6 is 0 Å². The number of likely N-dealkylation sites (tertiary alicyclic amines) is 1. The Morgan fingerprint density at radius 1 is 1.24 bits per heavy atom. The molecule has 0 bridgehead atoms. The van der Waals surface area contributed by atoms with E-state index in [0.29, 0.717) is 17.7 Å². The zero-order chi connectivity index (χ0) is 12.6. The van der Waals surface area contributed by atoms with Crippen molar-refractivity contribution in [3.63, 3.8) is 0 Å². The van der Waals surface area contributed by atoms with Crippen molar-refractivity contribution in [2.75, 3.05) is 13.2 Å². The topological polar surface area (TPSA) is 57.6 Å². The Labute approximate surface area is 96.9 Å². The lowest BCUT2D eigenvalue weighted by atomic mass is 9.85. The highest BCUT2D eigenvalue weighted by Gasteiger charge is 2.49. The minimum absolute atomic E-state index is 0.427. The van der Waals surface area contributed by atoms with Crippen molar-refractivity contribution in [3.8, 4) is 0 Å². The second kappa shape index (κ2) is 4.18. The van der Waals surface area contributed by atoms with Crippen molar-refractivity contribution in [1.82, 2.24) is 4.90 Å². The summed E-state index contributed by atoms with van der Waals surface area (Å²) in [6, 6.07) is 0. The molecular formula is C11H13F2NO3. The van der Waals surface area contributed by atoms with Gasteiger partial charge in [-0.15, -0.1) is 0 Å².